The number of carbonyl (C=O) groups is 1. The Bertz CT molecular complexity index is 591. The fourth-order valence-corrected chi connectivity index (χ4v) is 1.30. The van der Waals surface area contributed by atoms with E-state index in [-0.39, 0.29) is 23.0 Å². The smallest absolute Gasteiger partial charge is 0.324 e. The van der Waals surface area contributed by atoms with Crippen molar-refractivity contribution in [1.82, 2.24) is 5.32 Å². The van der Waals surface area contributed by atoms with Crippen molar-refractivity contribution >= 4 is 23.3 Å². The van der Waals surface area contributed by atoms with E-state index in [1.165, 1.54) is 6.07 Å². The number of phenols is 1. The highest BCUT2D eigenvalue weighted by atomic mass is 16.6. The van der Waals surface area contributed by atoms with E-state index in [2.05, 4.69) is 10.6 Å². The zero-order chi connectivity index (χ0) is 15.3. The number of nitrogens with zero attached hydrogens (tertiary/aromatic N) is 1. The summed E-state index contributed by atoms with van der Waals surface area (Å²) in [4.78, 5) is 32.0. The molecule has 2 amide bonds. The lowest BCUT2D eigenvalue weighted by atomic mass is 10.1. The van der Waals surface area contributed by atoms with Gasteiger partial charge in [0.15, 0.2) is 0 Å². The molecular formula is C12H13N3O5. The Balaban J connectivity index is 2.81. The lowest BCUT2D eigenvalue weighted by Gasteiger charge is -2.11. The maximum absolute atomic E-state index is 11.6. The molecule has 0 fully saturated rings. The quantitative estimate of drug-likeness (QED) is 0.336. The lowest BCUT2D eigenvalue weighted by Crippen LogP contribution is -2.30. The number of phenolic OH excluding ortho intramolecular Hbond substituents is 1. The Kier molecular flexibility index (Phi) is 4.82. The van der Waals surface area contributed by atoms with Crippen molar-refractivity contribution in [3.63, 3.8) is 0 Å². The second kappa shape index (κ2) is 6.35. The average molecular weight is 279 g/mol. The highest BCUT2D eigenvalue weighted by Gasteiger charge is 2.14. The first-order valence-electron chi connectivity index (χ1n) is 5.65. The first kappa shape index (κ1) is 15.2. The van der Waals surface area contributed by atoms with Crippen LogP contribution in [0.2, 0.25) is 0 Å². The van der Waals surface area contributed by atoms with Gasteiger partial charge in [0, 0.05) is 12.0 Å². The van der Waals surface area contributed by atoms with Crippen LogP contribution >= 0.6 is 0 Å². The number of carbonyl (C=O) groups excluding carboxylic acids is 2. The van der Waals surface area contributed by atoms with Crippen molar-refractivity contribution < 1.29 is 19.6 Å². The van der Waals surface area contributed by atoms with Crippen LogP contribution in [0.15, 0.2) is 23.9 Å². The highest BCUT2D eigenvalue weighted by molar-refractivity contribution is 5.93. The summed E-state index contributed by atoms with van der Waals surface area (Å²) in [6.45, 7) is 3.40. The largest absolute Gasteiger partial charge is 0.506 e. The number of aromatic hydroxyl groups is 1. The summed E-state index contributed by atoms with van der Waals surface area (Å²) in [5.41, 5.74) is -0.255. The molecule has 0 aliphatic rings. The maximum atomic E-state index is 11.6. The van der Waals surface area contributed by atoms with E-state index in [1.54, 1.807) is 19.8 Å². The van der Waals surface area contributed by atoms with Crippen LogP contribution in [0.4, 0.5) is 16.2 Å². The Labute approximate surface area is 114 Å². The van der Waals surface area contributed by atoms with Gasteiger partial charge >= 0.3 is 6.03 Å². The van der Waals surface area contributed by atoms with E-state index < -0.39 is 16.7 Å². The molecule has 20 heavy (non-hydrogen) atoms. The van der Waals surface area contributed by atoms with Crippen molar-refractivity contribution in [2.24, 2.45) is 5.92 Å². The number of allylic oxidation sites excluding steroid dienone is 1. The van der Waals surface area contributed by atoms with Gasteiger partial charge in [0.05, 0.1) is 16.7 Å². The Morgan fingerprint density at radius 1 is 1.45 bits per heavy atom. The summed E-state index contributed by atoms with van der Waals surface area (Å²) in [6, 6.07) is 2.48. The number of non-ortho nitro benzene ring substituents is 1. The summed E-state index contributed by atoms with van der Waals surface area (Å²) in [6.07, 6.45) is 0. The molecule has 8 nitrogen and oxygen atoms in total. The van der Waals surface area contributed by atoms with E-state index in [4.69, 9.17) is 0 Å². The number of hydrogen-bond donors (Lipinski definition) is 3. The maximum Gasteiger partial charge on any atom is 0.324 e. The Morgan fingerprint density at radius 3 is 2.55 bits per heavy atom. The summed E-state index contributed by atoms with van der Waals surface area (Å²) in [7, 11) is 0. The predicted molar refractivity (Wildman–Crippen MR) is 71.0 cm³/mol. The molecule has 8 heteroatoms. The van der Waals surface area contributed by atoms with Crippen molar-refractivity contribution in [1.29, 1.82) is 0 Å². The van der Waals surface area contributed by atoms with Gasteiger partial charge in [-0.3, -0.25) is 10.1 Å². The van der Waals surface area contributed by atoms with Crippen LogP contribution < -0.4 is 10.6 Å². The van der Waals surface area contributed by atoms with Gasteiger partial charge in [0.25, 0.3) is 5.69 Å². The molecule has 0 aliphatic carbocycles. The van der Waals surface area contributed by atoms with E-state index in [0.29, 0.717) is 0 Å². The summed E-state index contributed by atoms with van der Waals surface area (Å²) in [5, 5.41) is 24.6. The van der Waals surface area contributed by atoms with Crippen molar-refractivity contribution in [2.45, 2.75) is 13.8 Å². The van der Waals surface area contributed by atoms with Gasteiger partial charge in [-0.2, -0.15) is 0 Å². The minimum atomic E-state index is -0.749. The fourth-order valence-electron chi connectivity index (χ4n) is 1.30. The number of nitro groups is 1. The number of nitro benzene ring substituents is 1. The van der Waals surface area contributed by atoms with Gasteiger partial charge in [-0.1, -0.05) is 13.8 Å². The van der Waals surface area contributed by atoms with Gasteiger partial charge in [-0.05, 0) is 6.07 Å². The molecule has 0 heterocycles. The SMILES string of the molecule is CC(C)C(=C=O)NC(=O)Nc1ccc([N+](=O)[O-])cc1O. The average Bonchev–Trinajstić information content (AvgIpc) is 2.37. The van der Waals surface area contributed by atoms with Crippen LogP contribution in [0, 0.1) is 16.0 Å². The monoisotopic (exact) mass is 279 g/mol. The number of anilines is 1. The van der Waals surface area contributed by atoms with E-state index >= 15 is 0 Å². The number of rotatable bonds is 4. The Hall–Kier alpha value is -2.86. The summed E-state index contributed by atoms with van der Waals surface area (Å²) in [5.74, 6) is 0.932. The first-order valence-corrected chi connectivity index (χ1v) is 5.65. The molecule has 3 N–H and O–H groups in total. The molecule has 0 aliphatic heterocycles. The van der Waals surface area contributed by atoms with Gasteiger partial charge < -0.3 is 15.7 Å². The topological polar surface area (TPSA) is 122 Å². The molecule has 0 saturated carbocycles. The van der Waals surface area contributed by atoms with E-state index in [1.807, 2.05) is 0 Å². The van der Waals surface area contributed by atoms with Crippen LogP contribution in [-0.4, -0.2) is 22.0 Å². The molecule has 1 aromatic rings. The normalized spacial score (nSPS) is 9.75. The third kappa shape index (κ3) is 3.82. The molecule has 0 aromatic heterocycles. The van der Waals surface area contributed by atoms with Gasteiger partial charge in [-0.25, -0.2) is 9.59 Å². The highest BCUT2D eigenvalue weighted by Crippen LogP contribution is 2.27. The van der Waals surface area contributed by atoms with Gasteiger partial charge in [0.1, 0.15) is 17.4 Å². The summed E-state index contributed by atoms with van der Waals surface area (Å²) >= 11 is 0. The number of hydrogen-bond acceptors (Lipinski definition) is 5. The van der Waals surface area contributed by atoms with Crippen molar-refractivity contribution in [3.8, 4) is 5.75 Å². The van der Waals surface area contributed by atoms with Crippen molar-refractivity contribution in [2.75, 3.05) is 5.32 Å². The molecule has 106 valence electrons. The van der Waals surface area contributed by atoms with Crippen LogP contribution in [0.5, 0.6) is 5.75 Å². The number of benzene rings is 1. The molecule has 1 rings (SSSR count). The minimum Gasteiger partial charge on any atom is -0.506 e. The van der Waals surface area contributed by atoms with Crippen LogP contribution in [-0.2, 0) is 4.79 Å². The second-order valence-electron chi connectivity index (χ2n) is 4.21. The first-order chi connectivity index (χ1) is 9.35. The summed E-state index contributed by atoms with van der Waals surface area (Å²) < 4.78 is 0. The molecule has 1 aromatic carbocycles. The molecule has 0 spiro atoms. The lowest BCUT2D eigenvalue weighted by molar-refractivity contribution is -0.384. The fraction of sp³-hybridized carbons (Fsp3) is 0.250. The molecule has 0 atom stereocenters. The van der Waals surface area contributed by atoms with Crippen molar-refractivity contribution in [3.05, 3.63) is 34.0 Å². The number of amides is 2. The zero-order valence-corrected chi connectivity index (χ0v) is 10.8. The third-order valence-corrected chi connectivity index (χ3v) is 2.38. The van der Waals surface area contributed by atoms with Gasteiger partial charge in [-0.15, -0.1) is 0 Å². The Morgan fingerprint density at radius 2 is 2.10 bits per heavy atom. The predicted octanol–water partition coefficient (Wildman–Crippen LogP) is 1.79. The van der Waals surface area contributed by atoms with Gasteiger partial charge in [0.2, 0.25) is 0 Å². The molecule has 0 unspecified atom stereocenters. The third-order valence-electron chi connectivity index (χ3n) is 2.38. The number of urea groups is 1. The standard InChI is InChI=1S/C12H13N3O5/c1-7(2)10(6-16)14-12(18)13-9-4-3-8(15(19)20)5-11(9)17/h3-5,7,17H,1-2H3,(H2,13,14,18). The van der Waals surface area contributed by atoms with Crippen LogP contribution in [0.3, 0.4) is 0 Å². The van der Waals surface area contributed by atoms with Crippen LogP contribution in [0.25, 0.3) is 0 Å². The minimum absolute atomic E-state index is 0.0119. The molecule has 0 saturated heterocycles. The van der Waals surface area contributed by atoms with E-state index in [9.17, 15) is 24.8 Å². The number of nitrogens with one attached hydrogen (secondary N) is 2. The second-order valence-corrected chi connectivity index (χ2v) is 4.21. The molecule has 0 bridgehead atoms. The van der Waals surface area contributed by atoms with Crippen LogP contribution in [0.1, 0.15) is 13.8 Å². The van der Waals surface area contributed by atoms with E-state index in [0.717, 1.165) is 12.1 Å². The molecule has 0 radical (unpaired) electrons. The molecular weight excluding hydrogens is 266 g/mol. The zero-order valence-electron chi connectivity index (χ0n) is 10.8.